The van der Waals surface area contributed by atoms with Gasteiger partial charge < -0.3 is 15.8 Å². The normalized spacial score (nSPS) is 23.1. The largest absolute Gasteiger partial charge is 0.466 e. The number of halogens is 1. The lowest BCUT2D eigenvalue weighted by atomic mass is 9.60. The van der Waals surface area contributed by atoms with Crippen LogP contribution in [0.2, 0.25) is 0 Å². The molecule has 2 aliphatic heterocycles. The summed E-state index contributed by atoms with van der Waals surface area (Å²) in [6.07, 6.45) is 0.734. The maximum atomic E-state index is 13.9. The number of ether oxygens (including phenoxy) is 1. The number of hydrogen-bond donors (Lipinski definition) is 2. The lowest BCUT2D eigenvalue weighted by molar-refractivity contribution is -0.138. The van der Waals surface area contributed by atoms with Crippen molar-refractivity contribution in [2.75, 3.05) is 17.3 Å². The number of anilines is 2. The minimum absolute atomic E-state index is 0.0555. The molecule has 3 aliphatic rings. The Labute approximate surface area is 205 Å². The number of benzene rings is 2. The number of methoxy groups -OCH3 is 1. The number of Topliss-reactive ketones (excluding diaryl/α,β-unsaturated/α-hetero) is 1. The van der Waals surface area contributed by atoms with Gasteiger partial charge in [0.05, 0.1) is 7.11 Å². The first-order valence-electron chi connectivity index (χ1n) is 10.9. The molecule has 0 fully saturated rings. The molecule has 174 valence electrons. The molecule has 0 radical (unpaired) electrons. The molecule has 1 spiro atoms. The smallest absolute Gasteiger partial charge is 0.339 e. The molecule has 2 aromatic carbocycles. The van der Waals surface area contributed by atoms with Gasteiger partial charge in [0.1, 0.15) is 16.8 Å². The highest BCUT2D eigenvalue weighted by Gasteiger charge is 2.63. The summed E-state index contributed by atoms with van der Waals surface area (Å²) in [6.45, 7) is 4.03. The Morgan fingerprint density at radius 3 is 2.50 bits per heavy atom. The molecule has 0 saturated heterocycles. The first-order valence-corrected chi connectivity index (χ1v) is 11.7. The second kappa shape index (κ2) is 7.56. The second-order valence-electron chi connectivity index (χ2n) is 9.58. The van der Waals surface area contributed by atoms with Crippen molar-refractivity contribution in [1.29, 1.82) is 0 Å². The molecule has 1 unspecified atom stereocenters. The summed E-state index contributed by atoms with van der Waals surface area (Å²) in [5.74, 6) is -1.36. The molecule has 3 N–H and O–H groups in total. The van der Waals surface area contributed by atoms with Crippen molar-refractivity contribution in [3.05, 3.63) is 81.2 Å². The van der Waals surface area contributed by atoms with Crippen LogP contribution in [0.5, 0.6) is 0 Å². The van der Waals surface area contributed by atoms with Gasteiger partial charge in [0, 0.05) is 39.1 Å². The fourth-order valence-electron chi connectivity index (χ4n) is 5.48. The van der Waals surface area contributed by atoms with Crippen molar-refractivity contribution >= 4 is 45.0 Å². The van der Waals surface area contributed by atoms with Crippen molar-refractivity contribution in [3.63, 3.8) is 0 Å². The summed E-state index contributed by atoms with van der Waals surface area (Å²) in [6, 6.07) is 14.6. The summed E-state index contributed by atoms with van der Waals surface area (Å²) in [4.78, 5) is 42.8. The highest BCUT2D eigenvalue weighted by molar-refractivity contribution is 9.10. The lowest BCUT2D eigenvalue weighted by Gasteiger charge is -2.47. The molecule has 5 rings (SSSR count). The summed E-state index contributed by atoms with van der Waals surface area (Å²) < 4.78 is 5.86. The van der Waals surface area contributed by atoms with Crippen LogP contribution in [-0.4, -0.2) is 24.8 Å². The average Bonchev–Trinajstić information content (AvgIpc) is 3.04. The van der Waals surface area contributed by atoms with Gasteiger partial charge in [-0.25, -0.2) is 4.79 Å². The molecule has 7 nitrogen and oxygen atoms in total. The number of carbonyl (C=O) groups excluding carboxylic acids is 3. The van der Waals surface area contributed by atoms with Gasteiger partial charge in [0.2, 0.25) is 5.91 Å². The van der Waals surface area contributed by atoms with Crippen molar-refractivity contribution in [2.24, 2.45) is 11.1 Å². The van der Waals surface area contributed by atoms with E-state index in [9.17, 15) is 14.4 Å². The van der Waals surface area contributed by atoms with Gasteiger partial charge >= 0.3 is 5.97 Å². The zero-order valence-corrected chi connectivity index (χ0v) is 20.7. The zero-order chi connectivity index (χ0) is 24.4. The van der Waals surface area contributed by atoms with Crippen molar-refractivity contribution in [3.8, 4) is 0 Å². The number of rotatable bonds is 2. The Morgan fingerprint density at radius 1 is 1.12 bits per heavy atom. The maximum absolute atomic E-state index is 13.9. The third kappa shape index (κ3) is 2.98. The highest BCUT2D eigenvalue weighted by atomic mass is 79.9. The quantitative estimate of drug-likeness (QED) is 0.575. The van der Waals surface area contributed by atoms with E-state index in [1.165, 1.54) is 7.11 Å². The van der Waals surface area contributed by atoms with Gasteiger partial charge in [-0.2, -0.15) is 0 Å². The standard InChI is InChI=1S/C26H24BrN3O4/c1-25(2)12-18-20(19(31)13-25)26(16-11-14(27)9-10-17(16)29-24(26)33)21(23(32)34-3)22(28)30(18)15-7-5-4-6-8-15/h4-11H,12-13,28H2,1-3H3,(H,29,33). The molecule has 0 saturated carbocycles. The van der Waals surface area contributed by atoms with E-state index in [1.54, 1.807) is 23.1 Å². The Balaban J connectivity index is 1.94. The van der Waals surface area contributed by atoms with Crippen LogP contribution < -0.4 is 16.0 Å². The van der Waals surface area contributed by atoms with E-state index in [4.69, 9.17) is 10.5 Å². The number of hydrogen-bond acceptors (Lipinski definition) is 6. The molecule has 8 heteroatoms. The van der Waals surface area contributed by atoms with Crippen LogP contribution in [0.4, 0.5) is 11.4 Å². The topological polar surface area (TPSA) is 102 Å². The van der Waals surface area contributed by atoms with Gasteiger partial charge in [-0.05, 0) is 42.2 Å². The number of fused-ring (bicyclic) bond motifs is 3. The van der Waals surface area contributed by atoms with Gasteiger partial charge in [-0.3, -0.25) is 14.5 Å². The number of ketones is 1. The van der Waals surface area contributed by atoms with E-state index in [0.29, 0.717) is 33.5 Å². The molecule has 0 bridgehead atoms. The van der Waals surface area contributed by atoms with Crippen LogP contribution in [-0.2, 0) is 24.5 Å². The fourth-order valence-corrected chi connectivity index (χ4v) is 5.84. The molecule has 1 atom stereocenters. The molecular formula is C26H24BrN3O4. The molecular weight excluding hydrogens is 498 g/mol. The van der Waals surface area contributed by atoms with E-state index < -0.39 is 17.3 Å². The Bertz CT molecular complexity index is 1330. The van der Waals surface area contributed by atoms with E-state index in [0.717, 1.165) is 0 Å². The average molecular weight is 522 g/mol. The van der Waals surface area contributed by atoms with E-state index in [2.05, 4.69) is 21.2 Å². The zero-order valence-electron chi connectivity index (χ0n) is 19.1. The Kier molecular flexibility index (Phi) is 4.98. The molecule has 2 aromatic rings. The fraction of sp³-hybridized carbons (Fsp3) is 0.269. The number of para-hydroxylation sites is 1. The number of allylic oxidation sites excluding steroid dienone is 1. The number of carbonyl (C=O) groups is 3. The van der Waals surface area contributed by atoms with Crippen LogP contribution >= 0.6 is 15.9 Å². The highest BCUT2D eigenvalue weighted by Crippen LogP contribution is 2.57. The van der Waals surface area contributed by atoms with Gasteiger partial charge in [0.15, 0.2) is 5.78 Å². The molecule has 34 heavy (non-hydrogen) atoms. The van der Waals surface area contributed by atoms with Crippen LogP contribution in [0, 0.1) is 5.41 Å². The van der Waals surface area contributed by atoms with Crippen LogP contribution in [0.3, 0.4) is 0 Å². The van der Waals surface area contributed by atoms with Gasteiger partial charge in [0.25, 0.3) is 0 Å². The summed E-state index contributed by atoms with van der Waals surface area (Å²) in [5, 5.41) is 2.88. The summed E-state index contributed by atoms with van der Waals surface area (Å²) in [5.41, 5.74) is 7.26. The van der Waals surface area contributed by atoms with Gasteiger partial charge in [-0.15, -0.1) is 0 Å². The lowest BCUT2D eigenvalue weighted by Crippen LogP contribution is -2.54. The van der Waals surface area contributed by atoms with Crippen LogP contribution in [0.1, 0.15) is 32.3 Å². The second-order valence-corrected chi connectivity index (χ2v) is 10.5. The Hall–Kier alpha value is -3.39. The van der Waals surface area contributed by atoms with Crippen molar-refractivity contribution < 1.29 is 19.1 Å². The van der Waals surface area contributed by atoms with Crippen molar-refractivity contribution in [1.82, 2.24) is 0 Å². The number of esters is 1. The Morgan fingerprint density at radius 2 is 1.82 bits per heavy atom. The van der Waals surface area contributed by atoms with E-state index in [-0.39, 0.29) is 34.6 Å². The number of amides is 1. The number of nitrogens with one attached hydrogen (secondary N) is 1. The number of nitrogens with zero attached hydrogens (tertiary/aromatic N) is 1. The predicted octanol–water partition coefficient (Wildman–Crippen LogP) is 4.15. The summed E-state index contributed by atoms with van der Waals surface area (Å²) in [7, 11) is 1.24. The first-order chi connectivity index (χ1) is 16.1. The third-order valence-corrected chi connectivity index (χ3v) is 7.24. The molecule has 1 aliphatic carbocycles. The van der Waals surface area contributed by atoms with Crippen LogP contribution in [0.25, 0.3) is 0 Å². The minimum atomic E-state index is -1.70. The molecule has 2 heterocycles. The van der Waals surface area contributed by atoms with Crippen LogP contribution in [0.15, 0.2) is 75.7 Å². The SMILES string of the molecule is COC(=O)C1=C(N)N(c2ccccc2)C2=C(C(=O)CC(C)(C)C2)C12C(=O)Nc1ccc(Br)cc12. The third-order valence-electron chi connectivity index (χ3n) is 6.75. The van der Waals surface area contributed by atoms with Crippen molar-refractivity contribution in [2.45, 2.75) is 32.1 Å². The minimum Gasteiger partial charge on any atom is -0.466 e. The molecule has 1 amide bonds. The summed E-state index contributed by atoms with van der Waals surface area (Å²) >= 11 is 3.48. The monoisotopic (exact) mass is 521 g/mol. The van der Waals surface area contributed by atoms with E-state index >= 15 is 0 Å². The van der Waals surface area contributed by atoms with Gasteiger partial charge in [-0.1, -0.05) is 48.0 Å². The number of nitrogens with two attached hydrogens (primary N) is 1. The van der Waals surface area contributed by atoms with E-state index in [1.807, 2.05) is 44.2 Å². The molecule has 0 aromatic heterocycles. The maximum Gasteiger partial charge on any atom is 0.339 e. The predicted molar refractivity (Wildman–Crippen MR) is 132 cm³/mol. The first kappa shape index (κ1) is 22.4.